The van der Waals surface area contributed by atoms with Crippen molar-refractivity contribution in [1.82, 2.24) is 9.96 Å². The molecule has 0 spiro atoms. The lowest BCUT2D eigenvalue weighted by atomic mass is 10.0. The Bertz CT molecular complexity index is 520. The van der Waals surface area contributed by atoms with Gasteiger partial charge in [-0.05, 0) is 18.4 Å². The van der Waals surface area contributed by atoms with Gasteiger partial charge in [-0.15, -0.1) is 0 Å². The van der Waals surface area contributed by atoms with E-state index in [4.69, 9.17) is 10.6 Å². The lowest BCUT2D eigenvalue weighted by Crippen LogP contribution is -2.47. The maximum atomic E-state index is 12.2. The van der Waals surface area contributed by atoms with E-state index in [-0.39, 0.29) is 12.1 Å². The molecule has 2 saturated heterocycles. The van der Waals surface area contributed by atoms with Crippen LogP contribution in [0.4, 0.5) is 4.79 Å². The highest BCUT2D eigenvalue weighted by molar-refractivity contribution is 5.87. The van der Waals surface area contributed by atoms with Gasteiger partial charge in [-0.2, -0.15) is 5.06 Å². The minimum atomic E-state index is -0.496. The topological polar surface area (TPSA) is 75.9 Å². The summed E-state index contributed by atoms with van der Waals surface area (Å²) in [4.78, 5) is 30.7. The van der Waals surface area contributed by atoms with Crippen molar-refractivity contribution < 1.29 is 14.4 Å². The summed E-state index contributed by atoms with van der Waals surface area (Å²) in [5.41, 5.74) is 6.34. The van der Waals surface area contributed by atoms with Crippen LogP contribution in [0.25, 0.3) is 0 Å². The van der Waals surface area contributed by atoms with Crippen molar-refractivity contribution in [2.45, 2.75) is 31.5 Å². The third kappa shape index (κ3) is 2.22. The second kappa shape index (κ2) is 5.13. The summed E-state index contributed by atoms with van der Waals surface area (Å²) in [5.74, 6) is -0.443. The normalized spacial score (nSPS) is 25.1. The minimum absolute atomic E-state index is 0.0156. The number of nitrogens with two attached hydrogens (primary N) is 1. The van der Waals surface area contributed by atoms with Crippen LogP contribution in [0.2, 0.25) is 0 Å². The number of amides is 3. The van der Waals surface area contributed by atoms with Gasteiger partial charge in [0, 0.05) is 6.54 Å². The fraction of sp³-hybridized carbons (Fsp3) is 0.429. The van der Waals surface area contributed by atoms with E-state index >= 15 is 0 Å². The molecule has 6 nitrogen and oxygen atoms in total. The number of benzene rings is 1. The molecule has 2 atom stereocenters. The Balaban J connectivity index is 1.67. The van der Waals surface area contributed by atoms with Gasteiger partial charge in [0.1, 0.15) is 12.6 Å². The molecule has 3 rings (SSSR count). The maximum Gasteiger partial charge on any atom is 0.345 e. The van der Waals surface area contributed by atoms with E-state index in [1.165, 1.54) is 9.96 Å². The van der Waals surface area contributed by atoms with Crippen LogP contribution in [-0.2, 0) is 16.2 Å². The van der Waals surface area contributed by atoms with Gasteiger partial charge in [-0.25, -0.2) is 4.79 Å². The van der Waals surface area contributed by atoms with Gasteiger partial charge < -0.3 is 10.6 Å². The van der Waals surface area contributed by atoms with Crippen molar-refractivity contribution in [1.29, 1.82) is 0 Å². The number of carbonyl (C=O) groups is 2. The Morgan fingerprint density at radius 2 is 2.05 bits per heavy atom. The van der Waals surface area contributed by atoms with Crippen LogP contribution >= 0.6 is 0 Å². The number of primary amides is 1. The second-order valence-corrected chi connectivity index (χ2v) is 5.17. The fourth-order valence-corrected chi connectivity index (χ4v) is 2.81. The summed E-state index contributed by atoms with van der Waals surface area (Å²) >= 11 is 0. The monoisotopic (exact) mass is 275 g/mol. The molecule has 6 heteroatoms. The van der Waals surface area contributed by atoms with Crippen LogP contribution in [0.15, 0.2) is 30.3 Å². The Labute approximate surface area is 117 Å². The molecule has 1 aromatic carbocycles. The number of nitrogens with zero attached hydrogens (tertiary/aromatic N) is 2. The quantitative estimate of drug-likeness (QED) is 0.886. The van der Waals surface area contributed by atoms with Gasteiger partial charge in [-0.3, -0.25) is 9.63 Å². The zero-order valence-electron chi connectivity index (χ0n) is 11.1. The number of rotatable bonds is 4. The predicted octanol–water partition coefficient (Wildman–Crippen LogP) is 0.872. The highest BCUT2D eigenvalue weighted by atomic mass is 16.7. The largest absolute Gasteiger partial charge is 0.368 e. The van der Waals surface area contributed by atoms with E-state index in [2.05, 4.69) is 0 Å². The lowest BCUT2D eigenvalue weighted by Gasteiger charge is -2.27. The highest BCUT2D eigenvalue weighted by Crippen LogP contribution is 2.30. The summed E-state index contributed by atoms with van der Waals surface area (Å²) in [6, 6.07) is 8.93. The van der Waals surface area contributed by atoms with Gasteiger partial charge in [0.05, 0.1) is 6.04 Å². The van der Waals surface area contributed by atoms with Crippen LogP contribution in [0.5, 0.6) is 0 Å². The van der Waals surface area contributed by atoms with Crippen molar-refractivity contribution in [2.24, 2.45) is 5.73 Å². The number of fused-ring (bicyclic) bond motifs is 2. The average Bonchev–Trinajstić information content (AvgIpc) is 2.70. The third-order valence-corrected chi connectivity index (χ3v) is 3.86. The van der Waals surface area contributed by atoms with Gasteiger partial charge in [-0.1, -0.05) is 30.3 Å². The summed E-state index contributed by atoms with van der Waals surface area (Å²) in [6.07, 6.45) is 1.35. The van der Waals surface area contributed by atoms with Gasteiger partial charge in [0.2, 0.25) is 5.91 Å². The van der Waals surface area contributed by atoms with E-state index in [9.17, 15) is 9.59 Å². The number of hydrogen-bond donors (Lipinski definition) is 1. The molecule has 1 unspecified atom stereocenters. The standard InChI is InChI=1S/C14H17N3O3/c15-13(18)12-7-6-11-8-16(12)14(19)17(11)20-9-10-4-2-1-3-5-10/h1-5,11-12H,6-9H2,(H2,15,18)/t11?,12-/m0/s1. The fourth-order valence-electron chi connectivity index (χ4n) is 2.81. The number of piperidine rings is 1. The molecule has 0 aliphatic carbocycles. The molecule has 2 aliphatic rings. The molecule has 2 N–H and O–H groups in total. The van der Waals surface area contributed by atoms with Crippen LogP contribution in [-0.4, -0.2) is 40.5 Å². The van der Waals surface area contributed by atoms with Crippen molar-refractivity contribution in [3.8, 4) is 0 Å². The van der Waals surface area contributed by atoms with Crippen LogP contribution in [0, 0.1) is 0 Å². The Morgan fingerprint density at radius 1 is 1.30 bits per heavy atom. The van der Waals surface area contributed by atoms with Crippen LogP contribution < -0.4 is 5.73 Å². The molecule has 0 saturated carbocycles. The molecule has 2 heterocycles. The molecular weight excluding hydrogens is 258 g/mol. The SMILES string of the molecule is NC(=O)[C@@H]1CCC2CN1C(=O)N2OCc1ccccc1. The number of urea groups is 1. The molecule has 2 aliphatic heterocycles. The van der Waals surface area contributed by atoms with E-state index in [1.807, 2.05) is 30.3 Å². The summed E-state index contributed by atoms with van der Waals surface area (Å²) < 4.78 is 0. The van der Waals surface area contributed by atoms with Gasteiger partial charge in [0.25, 0.3) is 0 Å². The third-order valence-electron chi connectivity index (χ3n) is 3.86. The van der Waals surface area contributed by atoms with Crippen LogP contribution in [0.1, 0.15) is 18.4 Å². The van der Waals surface area contributed by atoms with Crippen molar-refractivity contribution in [3.05, 3.63) is 35.9 Å². The summed E-state index contributed by atoms with van der Waals surface area (Å²) in [5, 5.41) is 1.40. The first-order valence-electron chi connectivity index (χ1n) is 6.73. The number of hydroxylamine groups is 2. The molecule has 20 heavy (non-hydrogen) atoms. The molecule has 106 valence electrons. The van der Waals surface area contributed by atoms with E-state index in [1.54, 1.807) is 0 Å². The molecule has 0 radical (unpaired) electrons. The summed E-state index contributed by atoms with van der Waals surface area (Å²) in [6.45, 7) is 0.861. The number of carbonyl (C=O) groups excluding carboxylic acids is 2. The Morgan fingerprint density at radius 3 is 2.75 bits per heavy atom. The predicted molar refractivity (Wildman–Crippen MR) is 71.2 cm³/mol. The first-order chi connectivity index (χ1) is 9.66. The van der Waals surface area contributed by atoms with Crippen molar-refractivity contribution in [2.75, 3.05) is 6.54 Å². The van der Waals surface area contributed by atoms with E-state index in [0.29, 0.717) is 19.6 Å². The van der Waals surface area contributed by atoms with E-state index < -0.39 is 11.9 Å². The minimum Gasteiger partial charge on any atom is -0.368 e. The van der Waals surface area contributed by atoms with Gasteiger partial charge in [0.15, 0.2) is 0 Å². The second-order valence-electron chi connectivity index (χ2n) is 5.17. The Hall–Kier alpha value is -2.08. The Kier molecular flexibility index (Phi) is 3.31. The average molecular weight is 275 g/mol. The zero-order chi connectivity index (χ0) is 14.1. The van der Waals surface area contributed by atoms with Crippen molar-refractivity contribution in [3.63, 3.8) is 0 Å². The van der Waals surface area contributed by atoms with E-state index in [0.717, 1.165) is 12.0 Å². The zero-order valence-corrected chi connectivity index (χ0v) is 11.1. The first-order valence-corrected chi connectivity index (χ1v) is 6.73. The molecule has 1 aromatic rings. The molecular formula is C14H17N3O3. The first kappa shape index (κ1) is 12.9. The lowest BCUT2D eigenvalue weighted by molar-refractivity contribution is -0.140. The molecule has 2 fully saturated rings. The smallest absolute Gasteiger partial charge is 0.345 e. The van der Waals surface area contributed by atoms with Crippen LogP contribution in [0.3, 0.4) is 0 Å². The summed E-state index contributed by atoms with van der Waals surface area (Å²) in [7, 11) is 0. The van der Waals surface area contributed by atoms with Crippen molar-refractivity contribution >= 4 is 11.9 Å². The highest BCUT2D eigenvalue weighted by Gasteiger charge is 2.47. The van der Waals surface area contributed by atoms with Gasteiger partial charge >= 0.3 is 6.03 Å². The maximum absolute atomic E-state index is 12.2. The molecule has 3 amide bonds. The molecule has 2 bridgehead atoms. The molecule has 0 aromatic heterocycles. The number of hydrogen-bond acceptors (Lipinski definition) is 3.